The van der Waals surface area contributed by atoms with Crippen LogP contribution in [0.1, 0.15) is 106 Å². The van der Waals surface area contributed by atoms with Gasteiger partial charge in [0.15, 0.2) is 23.0 Å². The van der Waals surface area contributed by atoms with E-state index >= 15 is 0 Å². The predicted molar refractivity (Wildman–Crippen MR) is 402 cm³/mol. The van der Waals surface area contributed by atoms with Crippen LogP contribution in [0.3, 0.4) is 0 Å². The van der Waals surface area contributed by atoms with E-state index in [4.69, 9.17) is 43.4 Å². The molecule has 0 radical (unpaired) electrons. The summed E-state index contributed by atoms with van der Waals surface area (Å²) < 4.78 is 25.5. The largest absolute Gasteiger partial charge is 0.485 e. The molecule has 2 fully saturated rings. The molecule has 2 N–H and O–H groups in total. The van der Waals surface area contributed by atoms with Gasteiger partial charge in [0, 0.05) is 33.0 Å². The zero-order chi connectivity index (χ0) is 66.8. The lowest BCUT2D eigenvalue weighted by Crippen LogP contribution is -2.33. The van der Waals surface area contributed by atoms with Gasteiger partial charge in [0.25, 0.3) is 11.8 Å². The molecule has 19 heteroatoms. The Morgan fingerprint density at radius 3 is 1.41 bits per heavy atom. The van der Waals surface area contributed by atoms with Gasteiger partial charge in [-0.15, -0.1) is 22.7 Å². The van der Waals surface area contributed by atoms with E-state index in [-0.39, 0.29) is 19.5 Å². The fourth-order valence-electron chi connectivity index (χ4n) is 14.8. The SMILES string of the molecule is CC1(C)C2=C(C=CCC2)c2ccc(N(c3ccc4c(c3)C(C)(C)C3=C4C=CCC3)c3c4ccc(/C=C/c5sc(/C=C6/SC(=S)N(CC(=O)O)C6=O)c6c5OCCO6)cc4c(-c4ccccc4)c4cc(/C=C/c5sc(/C=C6/SC(=S)N(CC(=O)O)C6=O)c6c5OCCO6)ccc34)cc21. The van der Waals surface area contributed by atoms with Crippen molar-refractivity contribution in [3.8, 4) is 34.1 Å². The molecule has 8 aromatic rings. The van der Waals surface area contributed by atoms with Gasteiger partial charge in [-0.3, -0.25) is 29.0 Å². The third-order valence-electron chi connectivity index (χ3n) is 19.3. The van der Waals surface area contributed by atoms with Crippen LogP contribution in [-0.4, -0.2) is 91.9 Å². The number of hydrogen-bond donors (Lipinski definition) is 2. The minimum atomic E-state index is -1.15. The van der Waals surface area contributed by atoms with Crippen molar-refractivity contribution in [3.05, 3.63) is 201 Å². The fraction of sp³-hybridized carbons (Fsp3) is 0.205. The summed E-state index contributed by atoms with van der Waals surface area (Å²) in [4.78, 5) is 58.7. The second-order valence-corrected chi connectivity index (χ2v) is 31.3. The molecule has 6 aromatic carbocycles. The Morgan fingerprint density at radius 1 is 0.546 bits per heavy atom. The molecule has 8 aliphatic rings. The first kappa shape index (κ1) is 62.7. The third kappa shape index (κ3) is 10.8. The number of fused-ring (bicyclic) bond motifs is 8. The van der Waals surface area contributed by atoms with Gasteiger partial charge < -0.3 is 34.1 Å². The fourth-order valence-corrected chi connectivity index (χ4v) is 19.5. The Hall–Kier alpha value is -9.08. The van der Waals surface area contributed by atoms with E-state index in [0.717, 1.165) is 130 Å². The molecule has 0 unspecified atom stereocenters. The summed E-state index contributed by atoms with van der Waals surface area (Å²) in [6, 6.07) is 38.2. The number of aliphatic carboxylic acids is 2. The zero-order valence-electron chi connectivity index (χ0n) is 53.1. The highest BCUT2D eigenvalue weighted by atomic mass is 32.2. The van der Waals surface area contributed by atoms with Crippen LogP contribution in [-0.2, 0) is 30.0 Å². The summed E-state index contributed by atoms with van der Waals surface area (Å²) in [5.74, 6) is -1.08. The number of thiocarbonyl (C=S) groups is 2. The van der Waals surface area contributed by atoms with Gasteiger partial charge in [-0.2, -0.15) is 0 Å². The number of allylic oxidation sites excluding steroid dienone is 8. The summed E-state index contributed by atoms with van der Waals surface area (Å²) in [6.07, 6.45) is 25.0. The Labute approximate surface area is 587 Å². The van der Waals surface area contributed by atoms with Gasteiger partial charge in [0.05, 0.1) is 35.0 Å². The Kier molecular flexibility index (Phi) is 15.8. The number of nitrogens with zero attached hydrogens (tertiary/aromatic N) is 3. The van der Waals surface area contributed by atoms with E-state index in [1.54, 1.807) is 12.2 Å². The number of carbonyl (C=O) groups excluding carboxylic acids is 2. The number of carbonyl (C=O) groups is 4. The molecule has 0 spiro atoms. The molecular formula is C78H61N3O10S6. The van der Waals surface area contributed by atoms with E-state index in [1.807, 2.05) is 18.2 Å². The number of benzene rings is 6. The van der Waals surface area contributed by atoms with Crippen LogP contribution in [0.25, 0.3) is 80.3 Å². The monoisotopic (exact) mass is 1390 g/mol. The molecule has 2 aromatic heterocycles. The van der Waals surface area contributed by atoms with E-state index in [9.17, 15) is 29.4 Å². The number of thiophene rings is 2. The lowest BCUT2D eigenvalue weighted by atomic mass is 9.78. The summed E-state index contributed by atoms with van der Waals surface area (Å²) in [5.41, 5.74) is 17.3. The second-order valence-electron chi connectivity index (χ2n) is 25.8. The number of thioether (sulfide) groups is 2. The van der Waals surface area contributed by atoms with Crippen LogP contribution < -0.4 is 23.8 Å². The van der Waals surface area contributed by atoms with Gasteiger partial charge >= 0.3 is 11.9 Å². The molecule has 13 nitrogen and oxygen atoms in total. The van der Waals surface area contributed by atoms with Crippen LogP contribution in [0.2, 0.25) is 0 Å². The van der Waals surface area contributed by atoms with E-state index in [2.05, 4.69) is 166 Å². The van der Waals surface area contributed by atoms with Gasteiger partial charge in [-0.25, -0.2) is 0 Å². The molecule has 16 rings (SSSR count). The molecule has 97 heavy (non-hydrogen) atoms. The van der Waals surface area contributed by atoms with Crippen LogP contribution in [0, 0.1) is 0 Å². The van der Waals surface area contributed by atoms with Crippen LogP contribution >= 0.6 is 70.6 Å². The minimum absolute atomic E-state index is 0.180. The lowest BCUT2D eigenvalue weighted by molar-refractivity contribution is -0.140. The highest BCUT2D eigenvalue weighted by Crippen LogP contribution is 2.57. The first-order valence-electron chi connectivity index (χ1n) is 32.0. The van der Waals surface area contributed by atoms with Crippen LogP contribution in [0.15, 0.2) is 148 Å². The topological polar surface area (TPSA) is 155 Å². The number of ether oxygens (including phenoxy) is 4. The zero-order valence-corrected chi connectivity index (χ0v) is 58.0. The summed E-state index contributed by atoms with van der Waals surface area (Å²) in [7, 11) is 0. The Balaban J connectivity index is 0.898. The van der Waals surface area contributed by atoms with Crippen LogP contribution in [0.4, 0.5) is 17.1 Å². The van der Waals surface area contributed by atoms with Crippen molar-refractivity contribution >= 4 is 189 Å². The van der Waals surface area contributed by atoms with Crippen molar-refractivity contribution < 1.29 is 48.3 Å². The average Bonchev–Trinajstić information content (AvgIpc) is 1.71. The third-order valence-corrected chi connectivity index (χ3v) is 24.2. The molecule has 4 aliphatic carbocycles. The molecule has 0 atom stereocenters. The predicted octanol–water partition coefficient (Wildman–Crippen LogP) is 18.5. The highest BCUT2D eigenvalue weighted by molar-refractivity contribution is 8.27. The van der Waals surface area contributed by atoms with E-state index in [0.29, 0.717) is 69.0 Å². The summed E-state index contributed by atoms with van der Waals surface area (Å²) in [5, 5.41) is 23.2. The number of carboxylic acid groups (broad SMARTS) is 2. The van der Waals surface area contributed by atoms with Gasteiger partial charge in [0.2, 0.25) is 0 Å². The van der Waals surface area contributed by atoms with Crippen molar-refractivity contribution in [1.82, 2.24) is 9.80 Å². The van der Waals surface area contributed by atoms with Gasteiger partial charge in [0.1, 0.15) is 48.2 Å². The van der Waals surface area contributed by atoms with Crippen molar-refractivity contribution in [2.24, 2.45) is 0 Å². The van der Waals surface area contributed by atoms with Gasteiger partial charge in [-0.1, -0.05) is 190 Å². The highest BCUT2D eigenvalue weighted by Gasteiger charge is 2.42. The first-order chi connectivity index (χ1) is 46.9. The Bertz CT molecular complexity index is 4840. The maximum atomic E-state index is 13.5. The quantitative estimate of drug-likeness (QED) is 0.0602. The summed E-state index contributed by atoms with van der Waals surface area (Å²) >= 11 is 15.9. The summed E-state index contributed by atoms with van der Waals surface area (Å²) in [6.45, 7) is 9.78. The number of anilines is 3. The van der Waals surface area contributed by atoms with Crippen LogP contribution in [0.5, 0.6) is 23.0 Å². The normalized spacial score (nSPS) is 18.9. The molecule has 6 heterocycles. The molecule has 0 saturated carbocycles. The molecule has 0 bridgehead atoms. The molecule has 2 amide bonds. The maximum absolute atomic E-state index is 13.5. The van der Waals surface area contributed by atoms with Crippen molar-refractivity contribution in [2.45, 2.75) is 64.2 Å². The average molecular weight is 1390 g/mol. The van der Waals surface area contributed by atoms with Gasteiger partial charge in [-0.05, 0) is 153 Å². The van der Waals surface area contributed by atoms with Crippen molar-refractivity contribution in [3.63, 3.8) is 0 Å². The number of rotatable bonds is 14. The molecular weight excluding hydrogens is 1330 g/mol. The van der Waals surface area contributed by atoms with E-state index < -0.39 is 36.8 Å². The molecule has 2 saturated heterocycles. The number of hydrogen-bond acceptors (Lipinski definition) is 15. The Morgan fingerprint density at radius 2 is 0.979 bits per heavy atom. The minimum Gasteiger partial charge on any atom is -0.485 e. The first-order valence-corrected chi connectivity index (χ1v) is 36.1. The molecule has 4 aliphatic heterocycles. The smallest absolute Gasteiger partial charge is 0.323 e. The molecule has 484 valence electrons. The van der Waals surface area contributed by atoms with E-state index in [1.165, 1.54) is 67.2 Å². The van der Waals surface area contributed by atoms with Crippen molar-refractivity contribution in [1.29, 1.82) is 0 Å². The standard InChI is InChI=1S/C78H61N3O10S6/c1-77(2)55-16-10-8-14-47(55)49-26-22-45(36-57(49)77)81(46-23-27-50-48-15-9-11-17-56(48)78(3,4)58(50)37-46)68-51-24-18-42(20-28-59-69-71(90-32-30-88-69)61(94-59)38-63-73(86)79(40-65(82)83)75(92)96-63)34-53(51)67(44-12-6-5-7-13-44)54-35-43(19-25-52(54)68)21-29-60-70-72(91-33-31-89-70)62(95-60)39-64-74(87)80(41-66(84)85)76(93)97-64/h5-9,12-15,18-29,34-39H,10-11,16-17,30-33,40-41H2,1-4H3,(H,82,83)(H,84,85)/b28-20+,29-21+,63-38+,64-39+. The maximum Gasteiger partial charge on any atom is 0.323 e. The number of amides is 2. The second kappa shape index (κ2) is 24.5. The lowest BCUT2D eigenvalue weighted by Gasteiger charge is -2.33. The number of carboxylic acids is 2. The van der Waals surface area contributed by atoms with Crippen molar-refractivity contribution in [2.75, 3.05) is 44.4 Å².